The minimum atomic E-state index is -1.80. The van der Waals surface area contributed by atoms with Crippen LogP contribution in [-0.4, -0.2) is 51.5 Å². The van der Waals surface area contributed by atoms with E-state index in [1.165, 1.54) is 0 Å². The van der Waals surface area contributed by atoms with Crippen LogP contribution in [0, 0.1) is 0 Å². The Hall–Kier alpha value is -2.61. The van der Waals surface area contributed by atoms with Crippen LogP contribution in [-0.2, 0) is 20.9 Å². The second-order valence-corrected chi connectivity index (χ2v) is 5.93. The van der Waals surface area contributed by atoms with Crippen LogP contribution in [0.3, 0.4) is 0 Å². The third kappa shape index (κ3) is 5.88. The molecule has 0 saturated carbocycles. The molecule has 0 bridgehead atoms. The topological polar surface area (TPSA) is 113 Å². The van der Waals surface area contributed by atoms with Gasteiger partial charge in [0.25, 0.3) is 0 Å². The van der Waals surface area contributed by atoms with Crippen LogP contribution in [0.4, 0.5) is 9.59 Å². The number of imide groups is 1. The third-order valence-corrected chi connectivity index (χ3v) is 2.76. The molecule has 1 rings (SSSR count). The first kappa shape index (κ1) is 19.4. The summed E-state index contributed by atoms with van der Waals surface area (Å²) in [6, 6.07) is 6.86. The number of aliphatic hydroxyl groups excluding tert-OH is 1. The van der Waals surface area contributed by atoms with Crippen molar-refractivity contribution >= 4 is 18.2 Å². The van der Waals surface area contributed by atoms with E-state index in [1.54, 1.807) is 51.1 Å². The van der Waals surface area contributed by atoms with Crippen molar-refractivity contribution in [2.24, 2.45) is 0 Å². The quantitative estimate of drug-likeness (QED) is 0.843. The zero-order valence-corrected chi connectivity index (χ0v) is 13.8. The number of carboxylic acids is 1. The van der Waals surface area contributed by atoms with E-state index in [4.69, 9.17) is 14.6 Å². The fourth-order valence-electron chi connectivity index (χ4n) is 1.70. The molecule has 0 radical (unpaired) electrons. The van der Waals surface area contributed by atoms with Crippen LogP contribution in [0.25, 0.3) is 0 Å². The van der Waals surface area contributed by atoms with Crippen molar-refractivity contribution in [3.05, 3.63) is 35.9 Å². The van der Waals surface area contributed by atoms with E-state index in [-0.39, 0.29) is 11.5 Å². The Kier molecular flexibility index (Phi) is 6.72. The number of amides is 2. The molecule has 0 aliphatic heterocycles. The highest BCUT2D eigenvalue weighted by Gasteiger charge is 2.38. The number of rotatable bonds is 5. The number of aliphatic carboxylic acids is 1. The Morgan fingerprint density at radius 1 is 1.12 bits per heavy atom. The fourth-order valence-corrected chi connectivity index (χ4v) is 1.70. The van der Waals surface area contributed by atoms with Crippen LogP contribution in [0.5, 0.6) is 0 Å². The molecule has 0 aliphatic rings. The average Bonchev–Trinajstić information content (AvgIpc) is 2.48. The number of aliphatic hydroxyl groups is 1. The molecular formula is C16H21NO7. The normalized spacial score (nSPS) is 12.2. The minimum Gasteiger partial charge on any atom is -0.480 e. The molecular weight excluding hydrogens is 318 g/mol. The van der Waals surface area contributed by atoms with Gasteiger partial charge in [-0.3, -0.25) is 0 Å². The van der Waals surface area contributed by atoms with Gasteiger partial charge in [0.05, 0.1) is 6.61 Å². The summed E-state index contributed by atoms with van der Waals surface area (Å²) in [6.07, 6.45) is -2.42. The molecule has 24 heavy (non-hydrogen) atoms. The largest absolute Gasteiger partial charge is 0.480 e. The predicted molar refractivity (Wildman–Crippen MR) is 83.2 cm³/mol. The minimum absolute atomic E-state index is 0.156. The van der Waals surface area contributed by atoms with Crippen LogP contribution in [0.15, 0.2) is 30.3 Å². The Morgan fingerprint density at radius 2 is 1.71 bits per heavy atom. The van der Waals surface area contributed by atoms with Gasteiger partial charge in [-0.2, -0.15) is 4.90 Å². The summed E-state index contributed by atoms with van der Waals surface area (Å²) < 4.78 is 9.99. The number of benzene rings is 1. The molecule has 0 aromatic heterocycles. The van der Waals surface area contributed by atoms with Crippen LogP contribution in [0.2, 0.25) is 0 Å². The maximum absolute atomic E-state index is 12.2. The van der Waals surface area contributed by atoms with Gasteiger partial charge in [-0.25, -0.2) is 14.4 Å². The molecule has 1 aromatic rings. The van der Waals surface area contributed by atoms with E-state index in [0.717, 1.165) is 0 Å². The Morgan fingerprint density at radius 3 is 2.17 bits per heavy atom. The molecule has 1 aromatic carbocycles. The van der Waals surface area contributed by atoms with Gasteiger partial charge in [-0.05, 0) is 26.3 Å². The number of carbonyl (C=O) groups is 3. The highest BCUT2D eigenvalue weighted by molar-refractivity contribution is 5.93. The van der Waals surface area contributed by atoms with Gasteiger partial charge in [0.2, 0.25) is 0 Å². The first-order valence-electron chi connectivity index (χ1n) is 7.22. The molecule has 0 spiro atoms. The summed E-state index contributed by atoms with van der Waals surface area (Å²) in [7, 11) is 0. The molecule has 8 nitrogen and oxygen atoms in total. The summed E-state index contributed by atoms with van der Waals surface area (Å²) in [6.45, 7) is 3.57. The molecule has 2 N–H and O–H groups in total. The van der Waals surface area contributed by atoms with Crippen molar-refractivity contribution in [3.63, 3.8) is 0 Å². The van der Waals surface area contributed by atoms with Gasteiger partial charge >= 0.3 is 18.2 Å². The fraction of sp³-hybridized carbons (Fsp3) is 0.438. The maximum atomic E-state index is 12.2. The lowest BCUT2D eigenvalue weighted by Crippen LogP contribution is -2.52. The van der Waals surface area contributed by atoms with Gasteiger partial charge in [-0.1, -0.05) is 30.3 Å². The Labute approximate surface area is 139 Å². The first-order valence-corrected chi connectivity index (χ1v) is 7.22. The summed E-state index contributed by atoms with van der Waals surface area (Å²) in [4.78, 5) is 35.8. The Balaban J connectivity index is 2.92. The molecule has 1 atom stereocenters. The lowest BCUT2D eigenvalue weighted by Gasteiger charge is -2.28. The van der Waals surface area contributed by atoms with Crippen molar-refractivity contribution in [2.45, 2.75) is 39.0 Å². The van der Waals surface area contributed by atoms with Gasteiger partial charge in [-0.15, -0.1) is 0 Å². The van der Waals surface area contributed by atoms with E-state index in [2.05, 4.69) is 0 Å². The lowest BCUT2D eigenvalue weighted by molar-refractivity contribution is -0.144. The van der Waals surface area contributed by atoms with Gasteiger partial charge in [0, 0.05) is 0 Å². The van der Waals surface area contributed by atoms with E-state index in [9.17, 15) is 19.5 Å². The van der Waals surface area contributed by atoms with Crippen molar-refractivity contribution in [1.82, 2.24) is 4.90 Å². The summed E-state index contributed by atoms with van der Waals surface area (Å²) in [5.41, 5.74) is -0.293. The number of carbonyl (C=O) groups excluding carboxylic acids is 2. The van der Waals surface area contributed by atoms with Gasteiger partial charge in [0.1, 0.15) is 12.2 Å². The molecule has 132 valence electrons. The summed E-state index contributed by atoms with van der Waals surface area (Å²) in [5.74, 6) is -1.56. The number of carboxylic acid groups (broad SMARTS) is 1. The van der Waals surface area contributed by atoms with Crippen LogP contribution in [0.1, 0.15) is 26.3 Å². The van der Waals surface area contributed by atoms with E-state index in [1.807, 2.05) is 0 Å². The second kappa shape index (κ2) is 8.30. The molecule has 2 amide bonds. The monoisotopic (exact) mass is 339 g/mol. The van der Waals surface area contributed by atoms with Crippen molar-refractivity contribution < 1.29 is 34.1 Å². The molecule has 0 heterocycles. The van der Waals surface area contributed by atoms with E-state index >= 15 is 0 Å². The zero-order chi connectivity index (χ0) is 18.3. The standard InChI is InChI=1S/C16H21NO7/c1-16(2,3)24-15(22)17(12(9-18)13(19)20)14(21)23-10-11-7-5-4-6-8-11/h4-8,12,18H,9-10H2,1-3H3,(H,19,20)/t12-/m0/s1. The van der Waals surface area contributed by atoms with Crippen LogP contribution < -0.4 is 0 Å². The molecule has 0 saturated heterocycles. The van der Waals surface area contributed by atoms with E-state index in [0.29, 0.717) is 5.56 Å². The molecule has 8 heteroatoms. The van der Waals surface area contributed by atoms with Crippen molar-refractivity contribution in [2.75, 3.05) is 6.61 Å². The SMILES string of the molecule is CC(C)(C)OC(=O)N(C(=O)OCc1ccccc1)[C@@H](CO)C(=O)O. The number of hydrogen-bond acceptors (Lipinski definition) is 6. The highest BCUT2D eigenvalue weighted by Crippen LogP contribution is 2.14. The van der Waals surface area contributed by atoms with Gasteiger partial charge < -0.3 is 19.7 Å². The highest BCUT2D eigenvalue weighted by atomic mass is 16.6. The van der Waals surface area contributed by atoms with E-state index < -0.39 is 36.4 Å². The first-order chi connectivity index (χ1) is 11.2. The summed E-state index contributed by atoms with van der Waals surface area (Å²) in [5, 5.41) is 18.3. The maximum Gasteiger partial charge on any atom is 0.420 e. The van der Waals surface area contributed by atoms with Crippen molar-refractivity contribution in [1.29, 1.82) is 0 Å². The Bertz CT molecular complexity index is 580. The zero-order valence-electron chi connectivity index (χ0n) is 13.8. The molecule has 0 aliphatic carbocycles. The smallest absolute Gasteiger partial charge is 0.420 e. The second-order valence-electron chi connectivity index (χ2n) is 5.93. The van der Waals surface area contributed by atoms with Crippen LogP contribution >= 0.6 is 0 Å². The lowest BCUT2D eigenvalue weighted by atomic mass is 10.2. The predicted octanol–water partition coefficient (Wildman–Crippen LogP) is 2.01. The molecule has 0 fully saturated rings. The van der Waals surface area contributed by atoms with Crippen molar-refractivity contribution in [3.8, 4) is 0 Å². The summed E-state index contributed by atoms with van der Waals surface area (Å²) >= 11 is 0. The number of nitrogens with zero attached hydrogens (tertiary/aromatic N) is 1. The third-order valence-electron chi connectivity index (χ3n) is 2.76. The number of ether oxygens (including phenoxy) is 2. The average molecular weight is 339 g/mol. The number of hydrogen-bond donors (Lipinski definition) is 2. The molecule has 0 unspecified atom stereocenters. The van der Waals surface area contributed by atoms with Gasteiger partial charge in [0.15, 0.2) is 6.04 Å².